The predicted molar refractivity (Wildman–Crippen MR) is 115 cm³/mol. The van der Waals surface area contributed by atoms with E-state index < -0.39 is 36.2 Å². The van der Waals surface area contributed by atoms with E-state index in [2.05, 4.69) is 10.7 Å². The number of carbonyl (C=O) groups is 4. The maximum absolute atomic E-state index is 12.3. The van der Waals surface area contributed by atoms with E-state index in [-0.39, 0.29) is 23.6 Å². The fraction of sp³-hybridized carbons (Fsp3) is 0.238. The lowest BCUT2D eigenvalue weighted by Crippen LogP contribution is -2.43. The lowest BCUT2D eigenvalue weighted by Gasteiger charge is -2.18. The van der Waals surface area contributed by atoms with Crippen LogP contribution >= 0.6 is 23.2 Å². The van der Waals surface area contributed by atoms with Crippen molar-refractivity contribution in [3.63, 3.8) is 0 Å². The minimum Gasteiger partial charge on any atom is -0.455 e. The van der Waals surface area contributed by atoms with Crippen LogP contribution in [-0.4, -0.2) is 41.9 Å². The summed E-state index contributed by atoms with van der Waals surface area (Å²) in [6.07, 6.45) is -0.142. The molecule has 0 spiro atoms. The van der Waals surface area contributed by atoms with E-state index in [4.69, 9.17) is 27.9 Å². The molecule has 2 aromatic rings. The number of rotatable bonds is 6. The molecule has 0 aromatic heterocycles. The number of hydrogen-bond acceptors (Lipinski definition) is 5. The van der Waals surface area contributed by atoms with Gasteiger partial charge in [0, 0.05) is 17.1 Å². The Kier molecular flexibility index (Phi) is 7.14. The van der Waals surface area contributed by atoms with E-state index in [0.717, 1.165) is 10.6 Å². The van der Waals surface area contributed by atoms with Crippen LogP contribution in [0.5, 0.6) is 0 Å². The van der Waals surface area contributed by atoms with Crippen LogP contribution < -0.4 is 10.7 Å². The highest BCUT2D eigenvalue weighted by atomic mass is 35.5. The molecular weight excluding hydrogens is 445 g/mol. The van der Waals surface area contributed by atoms with Gasteiger partial charge in [0.05, 0.1) is 23.0 Å². The third-order valence-electron chi connectivity index (χ3n) is 4.61. The summed E-state index contributed by atoms with van der Waals surface area (Å²) in [6, 6.07) is 11.4. The van der Waals surface area contributed by atoms with Crippen molar-refractivity contribution in [2.75, 3.05) is 18.5 Å². The molecule has 1 heterocycles. The average Bonchev–Trinajstić information content (AvgIpc) is 3.09. The number of benzene rings is 2. The smallest absolute Gasteiger partial charge is 0.311 e. The Morgan fingerprint density at radius 3 is 2.58 bits per heavy atom. The van der Waals surface area contributed by atoms with Gasteiger partial charge in [-0.15, -0.1) is 0 Å². The molecule has 162 valence electrons. The van der Waals surface area contributed by atoms with E-state index in [1.807, 2.05) is 6.92 Å². The average molecular weight is 464 g/mol. The zero-order valence-corrected chi connectivity index (χ0v) is 18.0. The Hall–Kier alpha value is -3.10. The third kappa shape index (κ3) is 5.74. The topological polar surface area (TPSA) is 105 Å². The number of nitrogens with zero attached hydrogens (tertiary/aromatic N) is 1. The van der Waals surface area contributed by atoms with Crippen molar-refractivity contribution >= 4 is 52.6 Å². The number of amides is 3. The number of esters is 1. The molecule has 3 rings (SSSR count). The van der Waals surface area contributed by atoms with Crippen molar-refractivity contribution in [2.45, 2.75) is 13.3 Å². The number of aryl methyl sites for hydroxylation is 1. The van der Waals surface area contributed by atoms with Crippen LogP contribution in [0.15, 0.2) is 42.5 Å². The van der Waals surface area contributed by atoms with Crippen molar-refractivity contribution in [1.82, 2.24) is 10.4 Å². The highest BCUT2D eigenvalue weighted by molar-refractivity contribution is 6.33. The summed E-state index contributed by atoms with van der Waals surface area (Å²) in [4.78, 5) is 48.7. The van der Waals surface area contributed by atoms with Crippen LogP contribution in [0.2, 0.25) is 10.0 Å². The van der Waals surface area contributed by atoms with Crippen LogP contribution in [0.4, 0.5) is 5.69 Å². The SMILES string of the molecule is Cc1ccc(NC(=O)COC(=O)[C@H]2CC(=O)N(NC(=O)c3ccccc3Cl)C2)cc1Cl. The van der Waals surface area contributed by atoms with Crippen LogP contribution in [-0.2, 0) is 19.1 Å². The first-order valence-corrected chi connectivity index (χ1v) is 10.1. The molecule has 2 aromatic carbocycles. The van der Waals surface area contributed by atoms with Crippen molar-refractivity contribution in [3.05, 3.63) is 63.6 Å². The molecule has 0 saturated carbocycles. The maximum Gasteiger partial charge on any atom is 0.311 e. The fourth-order valence-corrected chi connectivity index (χ4v) is 3.33. The van der Waals surface area contributed by atoms with Gasteiger partial charge in [-0.3, -0.25) is 29.6 Å². The van der Waals surface area contributed by atoms with Gasteiger partial charge in [0.1, 0.15) is 0 Å². The van der Waals surface area contributed by atoms with Gasteiger partial charge in [0.15, 0.2) is 6.61 Å². The molecule has 1 saturated heterocycles. The summed E-state index contributed by atoms with van der Waals surface area (Å²) >= 11 is 12.0. The number of hydrogen-bond donors (Lipinski definition) is 2. The summed E-state index contributed by atoms with van der Waals surface area (Å²) in [5.74, 6) is -3.06. The van der Waals surface area contributed by atoms with E-state index in [9.17, 15) is 19.2 Å². The Morgan fingerprint density at radius 1 is 1.13 bits per heavy atom. The number of carbonyl (C=O) groups excluding carboxylic acids is 4. The molecule has 10 heteroatoms. The van der Waals surface area contributed by atoms with E-state index in [1.165, 1.54) is 6.07 Å². The molecule has 1 aliphatic rings. The molecule has 1 atom stereocenters. The Balaban J connectivity index is 1.49. The molecule has 3 amide bonds. The van der Waals surface area contributed by atoms with E-state index in [1.54, 1.807) is 36.4 Å². The first-order valence-electron chi connectivity index (χ1n) is 9.33. The Morgan fingerprint density at radius 2 is 1.87 bits per heavy atom. The standard InChI is InChI=1S/C21H19Cl2N3O5/c1-12-6-7-14(9-17(12)23)24-18(27)11-31-21(30)13-8-19(28)26(10-13)25-20(29)15-4-2-3-5-16(15)22/h2-7,9,13H,8,10-11H2,1H3,(H,24,27)(H,25,29)/t13-/m0/s1. The van der Waals surface area contributed by atoms with Crippen LogP contribution in [0, 0.1) is 12.8 Å². The number of hydrazine groups is 1. The quantitative estimate of drug-likeness (QED) is 0.640. The summed E-state index contributed by atoms with van der Waals surface area (Å²) in [5.41, 5.74) is 3.98. The van der Waals surface area contributed by atoms with Gasteiger partial charge in [-0.25, -0.2) is 0 Å². The molecule has 0 radical (unpaired) electrons. The molecular formula is C21H19Cl2N3O5. The van der Waals surface area contributed by atoms with Gasteiger partial charge in [0.2, 0.25) is 5.91 Å². The number of anilines is 1. The minimum atomic E-state index is -0.805. The molecule has 31 heavy (non-hydrogen) atoms. The second kappa shape index (κ2) is 9.80. The number of nitrogens with one attached hydrogen (secondary N) is 2. The molecule has 0 aliphatic carbocycles. The Labute approximate surface area is 188 Å². The van der Waals surface area contributed by atoms with Gasteiger partial charge in [-0.2, -0.15) is 0 Å². The van der Waals surface area contributed by atoms with E-state index in [0.29, 0.717) is 10.7 Å². The van der Waals surface area contributed by atoms with Gasteiger partial charge >= 0.3 is 5.97 Å². The van der Waals surface area contributed by atoms with E-state index >= 15 is 0 Å². The highest BCUT2D eigenvalue weighted by Crippen LogP contribution is 2.21. The molecule has 0 bridgehead atoms. The number of ether oxygens (including phenoxy) is 1. The summed E-state index contributed by atoms with van der Waals surface area (Å²) < 4.78 is 5.02. The number of halogens is 2. The first-order chi connectivity index (χ1) is 14.7. The van der Waals surface area contributed by atoms with Gasteiger partial charge in [-0.1, -0.05) is 41.4 Å². The zero-order chi connectivity index (χ0) is 22.5. The molecule has 1 aliphatic heterocycles. The van der Waals surface area contributed by atoms with Crippen LogP contribution in [0.25, 0.3) is 0 Å². The van der Waals surface area contributed by atoms with Crippen molar-refractivity contribution in [3.8, 4) is 0 Å². The van der Waals surface area contributed by atoms with Crippen LogP contribution in [0.3, 0.4) is 0 Å². The highest BCUT2D eigenvalue weighted by Gasteiger charge is 2.37. The Bertz CT molecular complexity index is 1040. The molecule has 8 nitrogen and oxygen atoms in total. The van der Waals surface area contributed by atoms with Crippen LogP contribution in [0.1, 0.15) is 22.3 Å². The largest absolute Gasteiger partial charge is 0.455 e. The van der Waals surface area contributed by atoms with Gasteiger partial charge in [0.25, 0.3) is 11.8 Å². The second-order valence-electron chi connectivity index (χ2n) is 6.95. The minimum absolute atomic E-state index is 0.0664. The predicted octanol–water partition coefficient (Wildman–Crippen LogP) is 2.98. The molecule has 1 fully saturated rings. The van der Waals surface area contributed by atoms with Gasteiger partial charge in [-0.05, 0) is 36.8 Å². The summed E-state index contributed by atoms with van der Waals surface area (Å²) in [7, 11) is 0. The first kappa shape index (κ1) is 22.6. The van der Waals surface area contributed by atoms with Gasteiger partial charge < -0.3 is 10.1 Å². The normalized spacial score (nSPS) is 15.5. The fourth-order valence-electron chi connectivity index (χ4n) is 2.92. The monoisotopic (exact) mass is 463 g/mol. The third-order valence-corrected chi connectivity index (χ3v) is 5.35. The second-order valence-corrected chi connectivity index (χ2v) is 7.76. The summed E-state index contributed by atoms with van der Waals surface area (Å²) in [6.45, 7) is 1.25. The molecule has 0 unspecified atom stereocenters. The maximum atomic E-state index is 12.3. The lowest BCUT2D eigenvalue weighted by atomic mass is 10.1. The zero-order valence-electron chi connectivity index (χ0n) is 16.5. The van der Waals surface area contributed by atoms with Crippen molar-refractivity contribution in [1.29, 1.82) is 0 Å². The van der Waals surface area contributed by atoms with Crippen molar-refractivity contribution in [2.24, 2.45) is 5.92 Å². The lowest BCUT2D eigenvalue weighted by molar-refractivity contribution is -0.151. The molecule has 2 N–H and O–H groups in total. The van der Waals surface area contributed by atoms with Crippen molar-refractivity contribution < 1.29 is 23.9 Å². The summed E-state index contributed by atoms with van der Waals surface area (Å²) in [5, 5.41) is 4.36.